The van der Waals surface area contributed by atoms with Crippen molar-refractivity contribution in [3.05, 3.63) is 29.8 Å². The fourth-order valence-electron chi connectivity index (χ4n) is 2.04. The van der Waals surface area contributed by atoms with E-state index in [1.165, 1.54) is 0 Å². The second-order valence-electron chi connectivity index (χ2n) is 5.01. The highest BCUT2D eigenvalue weighted by molar-refractivity contribution is 5.27. The third-order valence-corrected chi connectivity index (χ3v) is 3.18. The van der Waals surface area contributed by atoms with Gasteiger partial charge >= 0.3 is 0 Å². The van der Waals surface area contributed by atoms with Gasteiger partial charge in [-0.3, -0.25) is 0 Å². The summed E-state index contributed by atoms with van der Waals surface area (Å²) in [5.41, 5.74) is 0.621. The topological polar surface area (TPSA) is 61.7 Å². The summed E-state index contributed by atoms with van der Waals surface area (Å²) in [6, 6.07) is 7.46. The van der Waals surface area contributed by atoms with Gasteiger partial charge in [0.1, 0.15) is 5.75 Å². The van der Waals surface area contributed by atoms with Crippen molar-refractivity contribution >= 4 is 0 Å². The predicted octanol–water partition coefficient (Wildman–Crippen LogP) is 1.70. The number of nitrogens with one attached hydrogen (secondary N) is 1. The first-order chi connectivity index (χ1) is 9.13. The van der Waals surface area contributed by atoms with Gasteiger partial charge in [-0.15, -0.1) is 0 Å². The Bertz CT molecular complexity index is 370. The lowest BCUT2D eigenvalue weighted by Gasteiger charge is -2.28. The number of hydrogen-bond acceptors (Lipinski definition) is 4. The molecule has 108 valence electrons. The summed E-state index contributed by atoms with van der Waals surface area (Å²) in [5.74, 6) is 0.778. The SMILES string of the molecule is CCNC(C)(CO)CCCOc1cccc(CO)c1. The molecule has 1 atom stereocenters. The van der Waals surface area contributed by atoms with Crippen LogP contribution in [0.1, 0.15) is 32.3 Å². The van der Waals surface area contributed by atoms with Crippen molar-refractivity contribution in [2.75, 3.05) is 19.8 Å². The summed E-state index contributed by atoms with van der Waals surface area (Å²) in [5, 5.41) is 21.7. The third-order valence-electron chi connectivity index (χ3n) is 3.18. The van der Waals surface area contributed by atoms with E-state index in [0.29, 0.717) is 6.61 Å². The number of aliphatic hydroxyl groups is 2. The van der Waals surface area contributed by atoms with Crippen molar-refractivity contribution in [3.63, 3.8) is 0 Å². The summed E-state index contributed by atoms with van der Waals surface area (Å²) in [7, 11) is 0. The van der Waals surface area contributed by atoms with Gasteiger partial charge in [-0.05, 0) is 44.0 Å². The molecule has 0 aliphatic heterocycles. The Hall–Kier alpha value is -1.10. The van der Waals surface area contributed by atoms with Crippen LogP contribution in [-0.4, -0.2) is 35.5 Å². The minimum absolute atomic E-state index is 0.0280. The van der Waals surface area contributed by atoms with Crippen LogP contribution in [0.15, 0.2) is 24.3 Å². The average Bonchev–Trinajstić information content (AvgIpc) is 2.44. The summed E-state index contributed by atoms with van der Waals surface area (Å²) in [6.45, 7) is 5.65. The Morgan fingerprint density at radius 1 is 1.32 bits per heavy atom. The fraction of sp³-hybridized carbons (Fsp3) is 0.600. The van der Waals surface area contributed by atoms with Crippen molar-refractivity contribution in [1.82, 2.24) is 5.32 Å². The maximum absolute atomic E-state index is 9.37. The van der Waals surface area contributed by atoms with Crippen LogP contribution in [-0.2, 0) is 6.61 Å². The molecule has 0 radical (unpaired) electrons. The summed E-state index contributed by atoms with van der Waals surface area (Å²) < 4.78 is 5.65. The van der Waals surface area contributed by atoms with E-state index in [2.05, 4.69) is 5.32 Å². The molecule has 0 saturated heterocycles. The molecule has 4 heteroatoms. The molecule has 1 rings (SSSR count). The smallest absolute Gasteiger partial charge is 0.119 e. The quantitative estimate of drug-likeness (QED) is 0.596. The highest BCUT2D eigenvalue weighted by Crippen LogP contribution is 2.15. The molecule has 0 aromatic heterocycles. The number of rotatable bonds is 9. The number of aliphatic hydroxyl groups excluding tert-OH is 2. The van der Waals surface area contributed by atoms with Crippen molar-refractivity contribution in [2.45, 2.75) is 38.8 Å². The zero-order valence-electron chi connectivity index (χ0n) is 11.9. The van der Waals surface area contributed by atoms with E-state index in [4.69, 9.17) is 9.84 Å². The molecule has 0 fully saturated rings. The molecule has 0 amide bonds. The molecule has 3 N–H and O–H groups in total. The van der Waals surface area contributed by atoms with Crippen LogP contribution in [0, 0.1) is 0 Å². The highest BCUT2D eigenvalue weighted by Gasteiger charge is 2.20. The Morgan fingerprint density at radius 3 is 2.74 bits per heavy atom. The largest absolute Gasteiger partial charge is 0.494 e. The maximum atomic E-state index is 9.37. The molecule has 0 saturated carbocycles. The normalized spacial score (nSPS) is 14.1. The van der Waals surface area contributed by atoms with Gasteiger partial charge in [0, 0.05) is 5.54 Å². The molecular weight excluding hydrogens is 242 g/mol. The standard InChI is InChI=1S/C15H25NO3/c1-3-16-15(2,12-18)8-5-9-19-14-7-4-6-13(10-14)11-17/h4,6-7,10,16-18H,3,5,8-9,11-12H2,1-2H3. The van der Waals surface area contributed by atoms with Gasteiger partial charge in [-0.2, -0.15) is 0 Å². The van der Waals surface area contributed by atoms with Gasteiger partial charge in [0.25, 0.3) is 0 Å². The third kappa shape index (κ3) is 5.59. The van der Waals surface area contributed by atoms with Gasteiger partial charge in [0.2, 0.25) is 0 Å². The molecule has 0 spiro atoms. The number of benzene rings is 1. The van der Waals surface area contributed by atoms with Crippen LogP contribution in [0.4, 0.5) is 0 Å². The van der Waals surface area contributed by atoms with E-state index in [9.17, 15) is 5.11 Å². The lowest BCUT2D eigenvalue weighted by atomic mass is 9.97. The molecule has 1 aromatic carbocycles. The Morgan fingerprint density at radius 2 is 2.11 bits per heavy atom. The zero-order valence-corrected chi connectivity index (χ0v) is 11.9. The maximum Gasteiger partial charge on any atom is 0.119 e. The van der Waals surface area contributed by atoms with Crippen molar-refractivity contribution in [1.29, 1.82) is 0 Å². The van der Waals surface area contributed by atoms with Gasteiger partial charge in [-0.25, -0.2) is 0 Å². The number of hydrogen-bond donors (Lipinski definition) is 3. The molecular formula is C15H25NO3. The summed E-state index contributed by atoms with van der Waals surface area (Å²) in [6.07, 6.45) is 1.73. The molecule has 1 unspecified atom stereocenters. The zero-order chi connectivity index (χ0) is 14.1. The number of likely N-dealkylation sites (N-methyl/N-ethyl adjacent to an activating group) is 1. The summed E-state index contributed by atoms with van der Waals surface area (Å²) >= 11 is 0. The molecule has 1 aromatic rings. The second kappa shape index (κ2) is 8.15. The Balaban J connectivity index is 2.33. The molecule has 4 nitrogen and oxygen atoms in total. The average molecular weight is 267 g/mol. The lowest BCUT2D eigenvalue weighted by molar-refractivity contribution is 0.158. The lowest BCUT2D eigenvalue weighted by Crippen LogP contribution is -2.45. The van der Waals surface area contributed by atoms with Gasteiger partial charge in [0.05, 0.1) is 19.8 Å². The van der Waals surface area contributed by atoms with Crippen molar-refractivity contribution < 1.29 is 14.9 Å². The second-order valence-corrected chi connectivity index (χ2v) is 5.01. The molecule has 0 heterocycles. The molecule has 0 aliphatic rings. The minimum atomic E-state index is -0.231. The first-order valence-corrected chi connectivity index (χ1v) is 6.82. The van der Waals surface area contributed by atoms with E-state index in [-0.39, 0.29) is 18.8 Å². The first kappa shape index (κ1) is 16.0. The van der Waals surface area contributed by atoms with Crippen LogP contribution < -0.4 is 10.1 Å². The fourth-order valence-corrected chi connectivity index (χ4v) is 2.04. The summed E-state index contributed by atoms with van der Waals surface area (Å²) in [4.78, 5) is 0. The van der Waals surface area contributed by atoms with Gasteiger partial charge < -0.3 is 20.3 Å². The van der Waals surface area contributed by atoms with Crippen molar-refractivity contribution in [2.24, 2.45) is 0 Å². The van der Waals surface area contributed by atoms with E-state index < -0.39 is 0 Å². The molecule has 0 bridgehead atoms. The Kier molecular flexibility index (Phi) is 6.84. The van der Waals surface area contributed by atoms with Crippen LogP contribution in [0.2, 0.25) is 0 Å². The molecule has 19 heavy (non-hydrogen) atoms. The van der Waals surface area contributed by atoms with Crippen LogP contribution in [0.3, 0.4) is 0 Å². The van der Waals surface area contributed by atoms with Crippen LogP contribution in [0.25, 0.3) is 0 Å². The van der Waals surface area contributed by atoms with E-state index in [1.54, 1.807) is 0 Å². The monoisotopic (exact) mass is 267 g/mol. The number of ether oxygens (including phenoxy) is 1. The van der Waals surface area contributed by atoms with E-state index in [0.717, 1.165) is 30.7 Å². The highest BCUT2D eigenvalue weighted by atomic mass is 16.5. The van der Waals surface area contributed by atoms with Gasteiger partial charge in [-0.1, -0.05) is 19.1 Å². The van der Waals surface area contributed by atoms with E-state index >= 15 is 0 Å². The van der Waals surface area contributed by atoms with Gasteiger partial charge in [0.15, 0.2) is 0 Å². The van der Waals surface area contributed by atoms with Crippen LogP contribution >= 0.6 is 0 Å². The van der Waals surface area contributed by atoms with Crippen molar-refractivity contribution in [3.8, 4) is 5.75 Å². The first-order valence-electron chi connectivity index (χ1n) is 6.82. The van der Waals surface area contributed by atoms with E-state index in [1.807, 2.05) is 38.1 Å². The molecule has 0 aliphatic carbocycles. The Labute approximate surface area is 115 Å². The minimum Gasteiger partial charge on any atom is -0.494 e. The van der Waals surface area contributed by atoms with Crippen LogP contribution in [0.5, 0.6) is 5.75 Å². The predicted molar refractivity (Wildman–Crippen MR) is 76.3 cm³/mol.